The molecule has 0 radical (unpaired) electrons. The smallest absolute Gasteiger partial charge is 0.286 e. The van der Waals surface area contributed by atoms with Gasteiger partial charge in [-0.1, -0.05) is 32.9 Å². The van der Waals surface area contributed by atoms with E-state index < -0.39 is 6.10 Å². The van der Waals surface area contributed by atoms with Gasteiger partial charge < -0.3 is 4.74 Å². The first-order chi connectivity index (χ1) is 8.75. The Kier molecular flexibility index (Phi) is 4.95. The van der Waals surface area contributed by atoms with Gasteiger partial charge >= 0.3 is 0 Å². The highest BCUT2D eigenvalue weighted by Crippen LogP contribution is 2.24. The number of rotatable bonds is 4. The summed E-state index contributed by atoms with van der Waals surface area (Å²) in [6.45, 7) is 8.17. The van der Waals surface area contributed by atoms with Gasteiger partial charge in [0.05, 0.1) is 7.11 Å². The van der Waals surface area contributed by atoms with E-state index in [1.807, 2.05) is 24.3 Å². The van der Waals surface area contributed by atoms with E-state index in [9.17, 15) is 4.79 Å². The number of hydrogen-bond acceptors (Lipinski definition) is 3. The molecular formula is C15H23NO3. The molecule has 1 aromatic rings. The van der Waals surface area contributed by atoms with Crippen molar-refractivity contribution in [3.05, 3.63) is 29.8 Å². The highest BCUT2D eigenvalue weighted by atomic mass is 16.7. The van der Waals surface area contributed by atoms with Crippen LogP contribution in [-0.2, 0) is 15.0 Å². The Bertz CT molecular complexity index is 420. The molecule has 0 saturated heterocycles. The van der Waals surface area contributed by atoms with Crippen LogP contribution in [0.15, 0.2) is 24.3 Å². The van der Waals surface area contributed by atoms with E-state index in [2.05, 4.69) is 20.8 Å². The van der Waals surface area contributed by atoms with E-state index in [0.717, 1.165) is 5.06 Å². The molecule has 0 aliphatic carbocycles. The molecule has 0 aromatic heterocycles. The summed E-state index contributed by atoms with van der Waals surface area (Å²) in [5.41, 5.74) is 1.34. The first kappa shape index (κ1) is 15.5. The Morgan fingerprint density at radius 3 is 2.16 bits per heavy atom. The SMILES string of the molecule is CON(C)C(=O)C(C)Oc1ccc(C(C)(C)C)cc1. The summed E-state index contributed by atoms with van der Waals surface area (Å²) < 4.78 is 5.60. The second kappa shape index (κ2) is 6.06. The van der Waals surface area contributed by atoms with Crippen LogP contribution >= 0.6 is 0 Å². The van der Waals surface area contributed by atoms with Crippen LogP contribution in [0.25, 0.3) is 0 Å². The third-order valence-electron chi connectivity index (χ3n) is 2.97. The molecule has 1 amide bonds. The second-order valence-electron chi connectivity index (χ2n) is 5.55. The second-order valence-corrected chi connectivity index (χ2v) is 5.55. The molecule has 1 atom stereocenters. The maximum atomic E-state index is 11.8. The van der Waals surface area contributed by atoms with Gasteiger partial charge in [0.2, 0.25) is 0 Å². The van der Waals surface area contributed by atoms with Gasteiger partial charge in [-0.05, 0) is 30.0 Å². The fourth-order valence-electron chi connectivity index (χ4n) is 1.63. The Labute approximate surface area is 115 Å². The Balaban J connectivity index is 2.71. The van der Waals surface area contributed by atoms with Gasteiger partial charge in [-0.3, -0.25) is 9.63 Å². The molecule has 1 aromatic carbocycles. The summed E-state index contributed by atoms with van der Waals surface area (Å²) in [5.74, 6) is 0.459. The number of amides is 1. The van der Waals surface area contributed by atoms with Crippen LogP contribution in [0.4, 0.5) is 0 Å². The highest BCUT2D eigenvalue weighted by molar-refractivity contribution is 5.79. The summed E-state index contributed by atoms with van der Waals surface area (Å²) in [6.07, 6.45) is -0.578. The third kappa shape index (κ3) is 4.24. The number of hydrogen-bond donors (Lipinski definition) is 0. The van der Waals surface area contributed by atoms with Crippen molar-refractivity contribution in [1.29, 1.82) is 0 Å². The normalized spacial score (nSPS) is 12.9. The van der Waals surface area contributed by atoms with Crippen molar-refractivity contribution in [2.45, 2.75) is 39.2 Å². The van der Waals surface area contributed by atoms with Crippen molar-refractivity contribution in [1.82, 2.24) is 5.06 Å². The topological polar surface area (TPSA) is 38.8 Å². The van der Waals surface area contributed by atoms with E-state index in [0.29, 0.717) is 5.75 Å². The number of nitrogens with zero attached hydrogens (tertiary/aromatic N) is 1. The van der Waals surface area contributed by atoms with Crippen LogP contribution in [0.5, 0.6) is 5.75 Å². The number of ether oxygens (including phenoxy) is 1. The molecule has 1 rings (SSSR count). The fraction of sp³-hybridized carbons (Fsp3) is 0.533. The van der Waals surface area contributed by atoms with Crippen LogP contribution in [0.1, 0.15) is 33.3 Å². The predicted molar refractivity (Wildman–Crippen MR) is 75.0 cm³/mol. The minimum Gasteiger partial charge on any atom is -0.481 e. The zero-order chi connectivity index (χ0) is 14.6. The van der Waals surface area contributed by atoms with E-state index in [-0.39, 0.29) is 11.3 Å². The molecule has 4 heteroatoms. The molecule has 4 nitrogen and oxygen atoms in total. The van der Waals surface area contributed by atoms with Crippen LogP contribution in [0.2, 0.25) is 0 Å². The maximum absolute atomic E-state index is 11.8. The summed E-state index contributed by atoms with van der Waals surface area (Å²) in [4.78, 5) is 16.6. The largest absolute Gasteiger partial charge is 0.481 e. The van der Waals surface area contributed by atoms with Gasteiger partial charge in [0.15, 0.2) is 6.10 Å². The zero-order valence-electron chi connectivity index (χ0n) is 12.6. The minimum atomic E-state index is -0.578. The maximum Gasteiger partial charge on any atom is 0.286 e. The summed E-state index contributed by atoms with van der Waals surface area (Å²) in [6, 6.07) is 7.81. The number of hydroxylamine groups is 2. The van der Waals surface area contributed by atoms with Crippen molar-refractivity contribution in [2.75, 3.05) is 14.2 Å². The van der Waals surface area contributed by atoms with Crippen molar-refractivity contribution in [3.63, 3.8) is 0 Å². The molecule has 0 aliphatic rings. The molecule has 0 fully saturated rings. The van der Waals surface area contributed by atoms with E-state index in [1.165, 1.54) is 12.7 Å². The van der Waals surface area contributed by atoms with E-state index in [1.54, 1.807) is 14.0 Å². The van der Waals surface area contributed by atoms with Crippen LogP contribution in [-0.4, -0.2) is 31.2 Å². The van der Waals surface area contributed by atoms with Crippen molar-refractivity contribution in [3.8, 4) is 5.75 Å². The van der Waals surface area contributed by atoms with E-state index in [4.69, 9.17) is 9.57 Å². The fourth-order valence-corrected chi connectivity index (χ4v) is 1.63. The quantitative estimate of drug-likeness (QED) is 0.786. The molecule has 0 heterocycles. The average molecular weight is 265 g/mol. The lowest BCUT2D eigenvalue weighted by Crippen LogP contribution is -2.37. The Morgan fingerprint density at radius 2 is 1.74 bits per heavy atom. The van der Waals surface area contributed by atoms with E-state index >= 15 is 0 Å². The number of benzene rings is 1. The van der Waals surface area contributed by atoms with Gasteiger partial charge in [0.1, 0.15) is 5.75 Å². The first-order valence-corrected chi connectivity index (χ1v) is 6.34. The Hall–Kier alpha value is -1.55. The molecule has 1 unspecified atom stereocenters. The van der Waals surface area contributed by atoms with Gasteiger partial charge in [0.25, 0.3) is 5.91 Å². The third-order valence-corrected chi connectivity index (χ3v) is 2.97. The van der Waals surface area contributed by atoms with Crippen LogP contribution in [0, 0.1) is 0 Å². The molecule has 0 N–H and O–H groups in total. The summed E-state index contributed by atoms with van der Waals surface area (Å²) in [5, 5.41) is 1.16. The molecule has 0 saturated carbocycles. The Morgan fingerprint density at radius 1 is 1.21 bits per heavy atom. The summed E-state index contributed by atoms with van der Waals surface area (Å²) >= 11 is 0. The molecular weight excluding hydrogens is 242 g/mol. The average Bonchev–Trinajstić information content (AvgIpc) is 2.36. The molecule has 0 bridgehead atoms. The molecule has 0 spiro atoms. The highest BCUT2D eigenvalue weighted by Gasteiger charge is 2.19. The van der Waals surface area contributed by atoms with Crippen LogP contribution in [0.3, 0.4) is 0 Å². The number of likely N-dealkylation sites (N-methyl/N-ethyl adjacent to an activating group) is 1. The van der Waals surface area contributed by atoms with Crippen molar-refractivity contribution in [2.24, 2.45) is 0 Å². The monoisotopic (exact) mass is 265 g/mol. The molecule has 19 heavy (non-hydrogen) atoms. The minimum absolute atomic E-state index is 0.107. The lowest BCUT2D eigenvalue weighted by molar-refractivity contribution is -0.175. The van der Waals surface area contributed by atoms with Gasteiger partial charge in [-0.15, -0.1) is 0 Å². The molecule has 0 aliphatic heterocycles. The number of carbonyl (C=O) groups excluding carboxylic acids is 1. The lowest BCUT2D eigenvalue weighted by Gasteiger charge is -2.21. The predicted octanol–water partition coefficient (Wildman–Crippen LogP) is 2.77. The summed E-state index contributed by atoms with van der Waals surface area (Å²) in [7, 11) is 3.01. The first-order valence-electron chi connectivity index (χ1n) is 6.34. The lowest BCUT2D eigenvalue weighted by atomic mass is 9.87. The van der Waals surface area contributed by atoms with Crippen molar-refractivity contribution >= 4 is 5.91 Å². The van der Waals surface area contributed by atoms with Gasteiger partial charge in [0, 0.05) is 7.05 Å². The number of carbonyl (C=O) groups is 1. The van der Waals surface area contributed by atoms with Gasteiger partial charge in [-0.25, -0.2) is 5.06 Å². The zero-order valence-corrected chi connectivity index (χ0v) is 12.6. The van der Waals surface area contributed by atoms with Gasteiger partial charge in [-0.2, -0.15) is 0 Å². The van der Waals surface area contributed by atoms with Crippen LogP contribution < -0.4 is 4.74 Å². The van der Waals surface area contributed by atoms with Crippen molar-refractivity contribution < 1.29 is 14.4 Å². The molecule has 106 valence electrons. The standard InChI is InChI=1S/C15H23NO3/c1-11(14(17)16(5)18-6)19-13-9-7-12(8-10-13)15(2,3)4/h7-11H,1-6H3.